The molecule has 1 N–H and O–H groups in total. The van der Waals surface area contributed by atoms with Gasteiger partial charge in [0.05, 0.1) is 29.1 Å². The minimum Gasteiger partial charge on any atom is -0.358 e. The van der Waals surface area contributed by atoms with Crippen molar-refractivity contribution in [2.24, 2.45) is 0 Å². The number of anilines is 1. The quantitative estimate of drug-likeness (QED) is 0.770. The lowest BCUT2D eigenvalue weighted by Gasteiger charge is -2.29. The van der Waals surface area contributed by atoms with Crippen molar-refractivity contribution in [2.75, 3.05) is 18.9 Å². The van der Waals surface area contributed by atoms with Gasteiger partial charge in [-0.3, -0.25) is 14.6 Å². The number of benzene rings is 1. The predicted octanol–water partition coefficient (Wildman–Crippen LogP) is 1.87. The van der Waals surface area contributed by atoms with E-state index in [1.54, 1.807) is 41.0 Å². The number of pyridine rings is 1. The number of hydrogen-bond donors (Lipinski definition) is 1. The van der Waals surface area contributed by atoms with Crippen LogP contribution in [0.15, 0.2) is 59.7 Å². The number of para-hydroxylation sites is 1. The summed E-state index contributed by atoms with van der Waals surface area (Å²) in [4.78, 5) is 36.3. The zero-order valence-corrected chi connectivity index (χ0v) is 14.9. The SMILES string of the molecule is CNc1nc2c(c(=O)n1-c1ccccc1)CN(C(=O)c1cccnc1)CC2. The molecule has 1 aromatic carbocycles. The molecule has 27 heavy (non-hydrogen) atoms. The van der Waals surface area contributed by atoms with Gasteiger partial charge in [0.15, 0.2) is 0 Å². The second kappa shape index (κ2) is 7.03. The van der Waals surface area contributed by atoms with Gasteiger partial charge >= 0.3 is 0 Å². The molecule has 0 saturated carbocycles. The van der Waals surface area contributed by atoms with E-state index in [1.807, 2.05) is 30.3 Å². The summed E-state index contributed by atoms with van der Waals surface area (Å²) in [5.74, 6) is 0.370. The molecule has 0 bridgehead atoms. The molecule has 4 rings (SSSR count). The molecular formula is C20H19N5O2. The Balaban J connectivity index is 1.75. The van der Waals surface area contributed by atoms with Crippen LogP contribution in [0.4, 0.5) is 5.95 Å². The van der Waals surface area contributed by atoms with E-state index in [-0.39, 0.29) is 18.0 Å². The lowest BCUT2D eigenvalue weighted by Crippen LogP contribution is -2.41. The number of rotatable bonds is 3. The van der Waals surface area contributed by atoms with Crippen molar-refractivity contribution < 1.29 is 4.79 Å². The number of nitrogens with zero attached hydrogens (tertiary/aromatic N) is 4. The molecule has 7 heteroatoms. The Labute approximate surface area is 156 Å². The van der Waals surface area contributed by atoms with Gasteiger partial charge in [0, 0.05) is 32.4 Å². The number of carbonyl (C=O) groups excluding carboxylic acids is 1. The van der Waals surface area contributed by atoms with Crippen LogP contribution in [-0.2, 0) is 13.0 Å². The molecule has 0 unspecified atom stereocenters. The van der Waals surface area contributed by atoms with Crippen molar-refractivity contribution in [1.82, 2.24) is 19.4 Å². The molecule has 0 aliphatic carbocycles. The third-order valence-electron chi connectivity index (χ3n) is 4.66. The molecule has 1 amide bonds. The Morgan fingerprint density at radius 1 is 1.15 bits per heavy atom. The highest BCUT2D eigenvalue weighted by atomic mass is 16.2. The first-order chi connectivity index (χ1) is 13.2. The van der Waals surface area contributed by atoms with Crippen LogP contribution in [0.25, 0.3) is 5.69 Å². The number of hydrogen-bond acceptors (Lipinski definition) is 5. The molecule has 0 radical (unpaired) electrons. The lowest BCUT2D eigenvalue weighted by molar-refractivity contribution is 0.0732. The second-order valence-corrected chi connectivity index (χ2v) is 6.31. The van der Waals surface area contributed by atoms with E-state index in [0.29, 0.717) is 30.0 Å². The van der Waals surface area contributed by atoms with Crippen molar-refractivity contribution >= 4 is 11.9 Å². The van der Waals surface area contributed by atoms with Crippen molar-refractivity contribution in [3.8, 4) is 5.69 Å². The normalized spacial score (nSPS) is 13.1. The van der Waals surface area contributed by atoms with Gasteiger partial charge in [-0.2, -0.15) is 0 Å². The van der Waals surface area contributed by atoms with Crippen LogP contribution < -0.4 is 10.9 Å². The molecule has 136 valence electrons. The van der Waals surface area contributed by atoms with Crippen molar-refractivity contribution in [1.29, 1.82) is 0 Å². The van der Waals surface area contributed by atoms with Crippen LogP contribution in [0.3, 0.4) is 0 Å². The van der Waals surface area contributed by atoms with Gasteiger partial charge in [0.25, 0.3) is 11.5 Å². The van der Waals surface area contributed by atoms with E-state index in [9.17, 15) is 9.59 Å². The molecule has 0 spiro atoms. The van der Waals surface area contributed by atoms with Crippen LogP contribution in [0.1, 0.15) is 21.6 Å². The van der Waals surface area contributed by atoms with Crippen molar-refractivity contribution in [3.63, 3.8) is 0 Å². The predicted molar refractivity (Wildman–Crippen MR) is 102 cm³/mol. The van der Waals surface area contributed by atoms with Crippen molar-refractivity contribution in [2.45, 2.75) is 13.0 Å². The van der Waals surface area contributed by atoms with Gasteiger partial charge in [-0.05, 0) is 24.3 Å². The Bertz CT molecular complexity index is 1030. The van der Waals surface area contributed by atoms with E-state index in [0.717, 1.165) is 11.4 Å². The summed E-state index contributed by atoms with van der Waals surface area (Å²) in [6.07, 6.45) is 3.72. The highest BCUT2D eigenvalue weighted by molar-refractivity contribution is 5.94. The molecule has 7 nitrogen and oxygen atoms in total. The molecule has 0 fully saturated rings. The third kappa shape index (κ3) is 3.08. The maximum Gasteiger partial charge on any atom is 0.264 e. The molecule has 1 aliphatic heterocycles. The van der Waals surface area contributed by atoms with E-state index in [2.05, 4.69) is 15.3 Å². The Kier molecular flexibility index (Phi) is 4.42. The second-order valence-electron chi connectivity index (χ2n) is 6.31. The molecule has 2 aromatic heterocycles. The fourth-order valence-corrected chi connectivity index (χ4v) is 3.31. The minimum absolute atomic E-state index is 0.128. The molecule has 3 heterocycles. The molecular weight excluding hydrogens is 342 g/mol. The Morgan fingerprint density at radius 2 is 1.96 bits per heavy atom. The van der Waals surface area contributed by atoms with Crippen molar-refractivity contribution in [3.05, 3.63) is 82.0 Å². The van der Waals surface area contributed by atoms with Crippen LogP contribution in [0.2, 0.25) is 0 Å². The van der Waals surface area contributed by atoms with Gasteiger partial charge in [-0.25, -0.2) is 9.55 Å². The number of amides is 1. The van der Waals surface area contributed by atoms with Gasteiger partial charge in [-0.1, -0.05) is 18.2 Å². The average Bonchev–Trinajstić information content (AvgIpc) is 2.74. The van der Waals surface area contributed by atoms with Crippen LogP contribution in [0.5, 0.6) is 0 Å². The summed E-state index contributed by atoms with van der Waals surface area (Å²) in [7, 11) is 1.74. The zero-order chi connectivity index (χ0) is 18.8. The number of aromatic nitrogens is 3. The summed E-state index contributed by atoms with van der Waals surface area (Å²) in [6, 6.07) is 12.8. The number of fused-ring (bicyclic) bond motifs is 1. The van der Waals surface area contributed by atoms with Crippen LogP contribution in [0, 0.1) is 0 Å². The van der Waals surface area contributed by atoms with Gasteiger partial charge in [0.2, 0.25) is 5.95 Å². The van der Waals surface area contributed by atoms with Crippen LogP contribution in [-0.4, -0.2) is 38.9 Å². The number of carbonyl (C=O) groups is 1. The minimum atomic E-state index is -0.153. The summed E-state index contributed by atoms with van der Waals surface area (Å²) in [5, 5.41) is 3.01. The molecule has 3 aromatic rings. The summed E-state index contributed by atoms with van der Waals surface area (Å²) in [5.41, 5.74) is 2.40. The van der Waals surface area contributed by atoms with Crippen LogP contribution >= 0.6 is 0 Å². The topological polar surface area (TPSA) is 80.1 Å². The monoisotopic (exact) mass is 361 g/mol. The summed E-state index contributed by atoms with van der Waals surface area (Å²) < 4.78 is 1.55. The van der Waals surface area contributed by atoms with E-state index < -0.39 is 0 Å². The lowest BCUT2D eigenvalue weighted by atomic mass is 10.1. The maximum atomic E-state index is 13.2. The Morgan fingerprint density at radius 3 is 2.67 bits per heavy atom. The average molecular weight is 361 g/mol. The number of nitrogens with one attached hydrogen (secondary N) is 1. The van der Waals surface area contributed by atoms with Gasteiger partial charge in [-0.15, -0.1) is 0 Å². The molecule has 0 atom stereocenters. The van der Waals surface area contributed by atoms with E-state index >= 15 is 0 Å². The fourth-order valence-electron chi connectivity index (χ4n) is 3.31. The maximum absolute atomic E-state index is 13.2. The molecule has 1 aliphatic rings. The first-order valence-electron chi connectivity index (χ1n) is 8.76. The van der Waals surface area contributed by atoms with Gasteiger partial charge < -0.3 is 10.2 Å². The summed E-state index contributed by atoms with van der Waals surface area (Å²) >= 11 is 0. The summed E-state index contributed by atoms with van der Waals surface area (Å²) in [6.45, 7) is 0.761. The highest BCUT2D eigenvalue weighted by Crippen LogP contribution is 2.20. The standard InChI is InChI=1S/C20H19N5O2/c1-21-20-23-17-9-11-24(18(26)14-6-5-10-22-12-14)13-16(17)19(27)25(20)15-7-3-2-4-8-15/h2-8,10,12H,9,11,13H2,1H3,(H,21,23). The Hall–Kier alpha value is -3.48. The first-order valence-corrected chi connectivity index (χ1v) is 8.76. The largest absolute Gasteiger partial charge is 0.358 e. The fraction of sp³-hybridized carbons (Fsp3) is 0.200. The highest BCUT2D eigenvalue weighted by Gasteiger charge is 2.27. The zero-order valence-electron chi connectivity index (χ0n) is 14.9. The third-order valence-corrected chi connectivity index (χ3v) is 4.66. The van der Waals surface area contributed by atoms with E-state index in [1.165, 1.54) is 0 Å². The first kappa shape index (κ1) is 17.0. The smallest absolute Gasteiger partial charge is 0.264 e. The van der Waals surface area contributed by atoms with Gasteiger partial charge in [0.1, 0.15) is 0 Å². The molecule has 0 saturated heterocycles. The van der Waals surface area contributed by atoms with E-state index in [4.69, 9.17) is 0 Å².